The molecule has 2 aromatic rings. The quantitative estimate of drug-likeness (QED) is 0.793. The Morgan fingerprint density at radius 2 is 1.88 bits per heavy atom. The number of aromatic nitrogens is 2. The Hall–Kier alpha value is -2.05. The number of nitrogens with zero attached hydrogens (tertiary/aromatic N) is 4. The summed E-state index contributed by atoms with van der Waals surface area (Å²) in [4.78, 5) is 13.1. The van der Waals surface area contributed by atoms with E-state index in [4.69, 9.17) is 21.1 Å². The standard InChI is InChI=1S/C17H19ClN4O2/c18-16-5-6-19-17(20-16)22-9-7-21(8-10-22)11-13-12-23-14-3-1-2-4-15(14)24-13/h1-6,13H,7-12H2. The fraction of sp³-hybridized carbons (Fsp3) is 0.412. The Morgan fingerprint density at radius 1 is 1.08 bits per heavy atom. The van der Waals surface area contributed by atoms with Crippen molar-refractivity contribution >= 4 is 17.5 Å². The van der Waals surface area contributed by atoms with Gasteiger partial charge in [0.25, 0.3) is 0 Å². The van der Waals surface area contributed by atoms with Crippen LogP contribution in [0, 0.1) is 0 Å². The third-order valence-electron chi connectivity index (χ3n) is 4.29. The second kappa shape index (κ2) is 6.83. The van der Waals surface area contributed by atoms with Crippen molar-refractivity contribution in [1.29, 1.82) is 0 Å². The van der Waals surface area contributed by atoms with Crippen LogP contribution in [0.25, 0.3) is 0 Å². The molecule has 0 spiro atoms. The van der Waals surface area contributed by atoms with Crippen molar-refractivity contribution < 1.29 is 9.47 Å². The van der Waals surface area contributed by atoms with Crippen LogP contribution < -0.4 is 14.4 Å². The van der Waals surface area contributed by atoms with E-state index in [1.165, 1.54) is 0 Å². The van der Waals surface area contributed by atoms with Gasteiger partial charge in [0, 0.05) is 38.9 Å². The van der Waals surface area contributed by atoms with Crippen molar-refractivity contribution in [2.75, 3.05) is 44.2 Å². The van der Waals surface area contributed by atoms with Crippen molar-refractivity contribution in [3.63, 3.8) is 0 Å². The highest BCUT2D eigenvalue weighted by atomic mass is 35.5. The first kappa shape index (κ1) is 15.5. The van der Waals surface area contributed by atoms with Gasteiger partial charge in [0.2, 0.25) is 5.95 Å². The molecule has 1 saturated heterocycles. The first-order chi connectivity index (χ1) is 11.8. The Bertz CT molecular complexity index is 706. The summed E-state index contributed by atoms with van der Waals surface area (Å²) in [6.45, 7) is 5.09. The molecule has 1 atom stereocenters. The lowest BCUT2D eigenvalue weighted by molar-refractivity contribution is 0.0570. The molecule has 1 aromatic heterocycles. The van der Waals surface area contributed by atoms with Gasteiger partial charge in [-0.05, 0) is 18.2 Å². The SMILES string of the molecule is Clc1ccnc(N2CCN(CC3COc4ccccc4O3)CC2)n1. The fourth-order valence-corrected chi connectivity index (χ4v) is 3.18. The molecule has 1 aromatic carbocycles. The third-order valence-corrected chi connectivity index (χ3v) is 4.50. The van der Waals surface area contributed by atoms with Crippen LogP contribution in [0.15, 0.2) is 36.5 Å². The van der Waals surface area contributed by atoms with E-state index < -0.39 is 0 Å². The highest BCUT2D eigenvalue weighted by Gasteiger charge is 2.26. The summed E-state index contributed by atoms with van der Waals surface area (Å²) < 4.78 is 11.8. The van der Waals surface area contributed by atoms with Crippen LogP contribution in [-0.2, 0) is 0 Å². The molecular formula is C17H19ClN4O2. The second-order valence-electron chi connectivity index (χ2n) is 5.96. The number of halogens is 1. The van der Waals surface area contributed by atoms with E-state index >= 15 is 0 Å². The molecule has 0 saturated carbocycles. The number of hydrogen-bond acceptors (Lipinski definition) is 6. The van der Waals surface area contributed by atoms with Gasteiger partial charge in [0.15, 0.2) is 11.5 Å². The van der Waals surface area contributed by atoms with Crippen LogP contribution >= 0.6 is 11.6 Å². The molecular weight excluding hydrogens is 328 g/mol. The molecule has 2 aliphatic rings. The normalized spacial score (nSPS) is 20.9. The maximum atomic E-state index is 6.04. The number of anilines is 1. The summed E-state index contributed by atoms with van der Waals surface area (Å²) in [6.07, 6.45) is 1.76. The summed E-state index contributed by atoms with van der Waals surface area (Å²) in [6, 6.07) is 9.51. The van der Waals surface area contributed by atoms with Crippen molar-refractivity contribution in [3.8, 4) is 11.5 Å². The number of para-hydroxylation sites is 2. The lowest BCUT2D eigenvalue weighted by atomic mass is 10.2. The first-order valence-corrected chi connectivity index (χ1v) is 8.50. The maximum absolute atomic E-state index is 6.04. The van der Waals surface area contributed by atoms with Crippen LogP contribution in [0.3, 0.4) is 0 Å². The van der Waals surface area contributed by atoms with E-state index in [1.54, 1.807) is 12.3 Å². The minimum Gasteiger partial charge on any atom is -0.486 e. The number of benzene rings is 1. The van der Waals surface area contributed by atoms with E-state index in [1.807, 2.05) is 24.3 Å². The number of ether oxygens (including phenoxy) is 2. The van der Waals surface area contributed by atoms with Gasteiger partial charge in [0.05, 0.1) is 0 Å². The number of hydrogen-bond donors (Lipinski definition) is 0. The summed E-state index contributed by atoms with van der Waals surface area (Å²) in [7, 11) is 0. The highest BCUT2D eigenvalue weighted by Crippen LogP contribution is 2.31. The zero-order chi connectivity index (χ0) is 16.4. The van der Waals surface area contributed by atoms with Crippen molar-refractivity contribution in [1.82, 2.24) is 14.9 Å². The molecule has 126 valence electrons. The number of piperazine rings is 1. The Balaban J connectivity index is 1.31. The van der Waals surface area contributed by atoms with Crippen molar-refractivity contribution in [3.05, 3.63) is 41.7 Å². The molecule has 1 unspecified atom stereocenters. The smallest absolute Gasteiger partial charge is 0.226 e. The lowest BCUT2D eigenvalue weighted by Crippen LogP contribution is -2.51. The molecule has 3 heterocycles. The van der Waals surface area contributed by atoms with Gasteiger partial charge < -0.3 is 14.4 Å². The zero-order valence-electron chi connectivity index (χ0n) is 13.3. The molecule has 6 nitrogen and oxygen atoms in total. The largest absolute Gasteiger partial charge is 0.486 e. The molecule has 2 aliphatic heterocycles. The Morgan fingerprint density at radius 3 is 2.67 bits per heavy atom. The number of fused-ring (bicyclic) bond motifs is 1. The molecule has 4 rings (SSSR count). The average Bonchev–Trinajstić information content (AvgIpc) is 2.62. The molecule has 0 N–H and O–H groups in total. The van der Waals surface area contributed by atoms with E-state index in [-0.39, 0.29) is 6.10 Å². The van der Waals surface area contributed by atoms with E-state index in [2.05, 4.69) is 19.8 Å². The molecule has 0 bridgehead atoms. The second-order valence-corrected chi connectivity index (χ2v) is 6.35. The van der Waals surface area contributed by atoms with Gasteiger partial charge in [-0.25, -0.2) is 9.97 Å². The van der Waals surface area contributed by atoms with Crippen LogP contribution in [0.2, 0.25) is 5.15 Å². The van der Waals surface area contributed by atoms with Gasteiger partial charge in [0.1, 0.15) is 17.9 Å². The highest BCUT2D eigenvalue weighted by molar-refractivity contribution is 6.29. The lowest BCUT2D eigenvalue weighted by Gasteiger charge is -2.37. The van der Waals surface area contributed by atoms with E-state index in [9.17, 15) is 0 Å². The van der Waals surface area contributed by atoms with Crippen LogP contribution in [-0.4, -0.2) is 60.3 Å². The third kappa shape index (κ3) is 3.39. The average molecular weight is 347 g/mol. The minimum absolute atomic E-state index is 0.0638. The van der Waals surface area contributed by atoms with Crippen LogP contribution in [0.5, 0.6) is 11.5 Å². The molecule has 1 fully saturated rings. The minimum atomic E-state index is 0.0638. The van der Waals surface area contributed by atoms with Gasteiger partial charge in [-0.15, -0.1) is 0 Å². The van der Waals surface area contributed by atoms with Gasteiger partial charge in [-0.2, -0.15) is 0 Å². The van der Waals surface area contributed by atoms with E-state index in [0.717, 1.165) is 44.2 Å². The summed E-state index contributed by atoms with van der Waals surface area (Å²) >= 11 is 5.94. The predicted octanol–water partition coefficient (Wildman–Crippen LogP) is 2.09. The first-order valence-electron chi connectivity index (χ1n) is 8.12. The monoisotopic (exact) mass is 346 g/mol. The molecule has 0 amide bonds. The number of rotatable bonds is 3. The summed E-state index contributed by atoms with van der Waals surface area (Å²) in [5.41, 5.74) is 0. The molecule has 24 heavy (non-hydrogen) atoms. The van der Waals surface area contributed by atoms with Gasteiger partial charge in [-0.3, -0.25) is 4.90 Å². The topological polar surface area (TPSA) is 50.7 Å². The molecule has 7 heteroatoms. The molecule has 0 radical (unpaired) electrons. The van der Waals surface area contributed by atoms with Crippen molar-refractivity contribution in [2.24, 2.45) is 0 Å². The van der Waals surface area contributed by atoms with Crippen LogP contribution in [0.4, 0.5) is 5.95 Å². The van der Waals surface area contributed by atoms with E-state index in [0.29, 0.717) is 17.7 Å². The predicted molar refractivity (Wildman–Crippen MR) is 92.0 cm³/mol. The Labute approximate surface area is 146 Å². The van der Waals surface area contributed by atoms with Gasteiger partial charge in [-0.1, -0.05) is 23.7 Å². The molecule has 0 aliphatic carbocycles. The summed E-state index contributed by atoms with van der Waals surface area (Å²) in [5, 5.41) is 0.480. The van der Waals surface area contributed by atoms with Gasteiger partial charge >= 0.3 is 0 Å². The fourth-order valence-electron chi connectivity index (χ4n) is 3.05. The summed E-state index contributed by atoms with van der Waals surface area (Å²) in [5.74, 6) is 2.37. The van der Waals surface area contributed by atoms with Crippen LogP contribution in [0.1, 0.15) is 0 Å². The Kier molecular flexibility index (Phi) is 4.40. The van der Waals surface area contributed by atoms with Crippen molar-refractivity contribution in [2.45, 2.75) is 6.10 Å². The zero-order valence-corrected chi connectivity index (χ0v) is 14.0. The maximum Gasteiger partial charge on any atom is 0.226 e.